The van der Waals surface area contributed by atoms with E-state index in [1.807, 2.05) is 18.2 Å². The molecule has 1 aromatic rings. The Kier molecular flexibility index (Phi) is 4.43. The molecule has 0 atom stereocenters. The Balaban J connectivity index is 2.00. The Bertz CT molecular complexity index is 424. The van der Waals surface area contributed by atoms with Gasteiger partial charge in [0.1, 0.15) is 12.4 Å². The van der Waals surface area contributed by atoms with Gasteiger partial charge in [-0.25, -0.2) is 0 Å². The van der Waals surface area contributed by atoms with Gasteiger partial charge in [-0.2, -0.15) is 0 Å². The lowest BCUT2D eigenvalue weighted by Gasteiger charge is -2.27. The summed E-state index contributed by atoms with van der Waals surface area (Å²) in [5, 5.41) is 3.40. The van der Waals surface area contributed by atoms with E-state index in [9.17, 15) is 0 Å². The van der Waals surface area contributed by atoms with Gasteiger partial charge in [0.15, 0.2) is 0 Å². The summed E-state index contributed by atoms with van der Waals surface area (Å²) < 4.78 is 11.6. The van der Waals surface area contributed by atoms with Gasteiger partial charge >= 0.3 is 0 Å². The predicted molar refractivity (Wildman–Crippen MR) is 69.9 cm³/mol. The topological polar surface area (TPSA) is 30.5 Å². The van der Waals surface area contributed by atoms with E-state index in [1.54, 1.807) is 0 Å². The number of benzene rings is 1. The fourth-order valence-electron chi connectivity index (χ4n) is 1.55. The molecule has 0 aromatic heterocycles. The van der Waals surface area contributed by atoms with Crippen LogP contribution in [0.25, 0.3) is 0 Å². The minimum absolute atomic E-state index is 0.293. The van der Waals surface area contributed by atoms with Gasteiger partial charge in [0.05, 0.1) is 19.3 Å². The molecule has 0 spiro atoms. The van der Waals surface area contributed by atoms with Crippen LogP contribution in [-0.4, -0.2) is 25.9 Å². The van der Waals surface area contributed by atoms with E-state index in [-0.39, 0.29) is 0 Å². The average molecular weight is 296 g/mol. The second kappa shape index (κ2) is 6.06. The molecule has 1 heterocycles. The molecule has 1 saturated heterocycles. The van der Waals surface area contributed by atoms with Crippen LogP contribution >= 0.6 is 15.9 Å². The average Bonchev–Trinajstić information content (AvgIpc) is 2.26. The lowest BCUT2D eigenvalue weighted by atomic mass is 10.1. The Morgan fingerprint density at radius 1 is 1.53 bits per heavy atom. The van der Waals surface area contributed by atoms with Crippen LogP contribution in [0, 0.1) is 12.3 Å². The van der Waals surface area contributed by atoms with Crippen LogP contribution in [0.1, 0.15) is 5.56 Å². The number of ether oxygens (including phenoxy) is 2. The second-order valence-corrected chi connectivity index (χ2v) is 4.78. The maximum Gasteiger partial charge on any atom is 0.148 e. The van der Waals surface area contributed by atoms with Crippen molar-refractivity contribution in [3.05, 3.63) is 28.2 Å². The molecule has 3 nitrogen and oxygen atoms in total. The van der Waals surface area contributed by atoms with Crippen LogP contribution in [0.3, 0.4) is 0 Å². The number of nitrogens with one attached hydrogen (secondary N) is 1. The molecule has 0 unspecified atom stereocenters. The maximum absolute atomic E-state index is 5.50. The minimum atomic E-state index is 0.293. The summed E-state index contributed by atoms with van der Waals surface area (Å²) in [6.07, 6.45) is 5.19. The van der Waals surface area contributed by atoms with Gasteiger partial charge in [-0.05, 0) is 18.2 Å². The van der Waals surface area contributed by atoms with Gasteiger partial charge in [0, 0.05) is 16.6 Å². The van der Waals surface area contributed by atoms with Gasteiger partial charge in [-0.3, -0.25) is 0 Å². The molecule has 17 heavy (non-hydrogen) atoms. The largest absolute Gasteiger partial charge is 0.481 e. The SMILES string of the molecule is C#CCOc1ccc(Br)cc1CNC1COC1. The van der Waals surface area contributed by atoms with Gasteiger partial charge < -0.3 is 14.8 Å². The number of rotatable bonds is 5. The standard InChI is InChI=1S/C13H14BrNO2/c1-2-5-17-13-4-3-11(14)6-10(13)7-15-12-8-16-9-12/h1,3-4,6,12,15H,5,7-9H2. The Morgan fingerprint density at radius 2 is 2.35 bits per heavy atom. The van der Waals surface area contributed by atoms with E-state index in [0.29, 0.717) is 12.6 Å². The Morgan fingerprint density at radius 3 is 3.00 bits per heavy atom. The molecule has 90 valence electrons. The fourth-order valence-corrected chi connectivity index (χ4v) is 1.96. The molecule has 4 heteroatoms. The lowest BCUT2D eigenvalue weighted by Crippen LogP contribution is -2.45. The van der Waals surface area contributed by atoms with Crippen LogP contribution in [0.4, 0.5) is 0 Å². The van der Waals surface area contributed by atoms with Crippen molar-refractivity contribution in [2.24, 2.45) is 0 Å². The molecule has 0 saturated carbocycles. The summed E-state index contributed by atoms with van der Waals surface area (Å²) in [6.45, 7) is 2.62. The molecule has 1 fully saturated rings. The zero-order chi connectivity index (χ0) is 12.1. The first-order valence-corrected chi connectivity index (χ1v) is 6.24. The van der Waals surface area contributed by atoms with Gasteiger partial charge in [-0.15, -0.1) is 6.42 Å². The number of terminal acetylenes is 1. The summed E-state index contributed by atoms with van der Waals surface area (Å²) in [5.74, 6) is 3.30. The molecule has 0 aliphatic carbocycles. The summed E-state index contributed by atoms with van der Waals surface area (Å²) in [6, 6.07) is 6.37. The number of hydrogen-bond donors (Lipinski definition) is 1. The quantitative estimate of drug-likeness (QED) is 0.843. The van der Waals surface area contributed by atoms with Gasteiger partial charge in [0.2, 0.25) is 0 Å². The van der Waals surface area contributed by atoms with Crippen LogP contribution in [-0.2, 0) is 11.3 Å². The molecule has 1 aromatic carbocycles. The number of halogens is 1. The summed E-state index contributed by atoms with van der Waals surface area (Å²) in [5.41, 5.74) is 1.10. The fraction of sp³-hybridized carbons (Fsp3) is 0.385. The van der Waals surface area contributed by atoms with Crippen molar-refractivity contribution in [1.82, 2.24) is 5.32 Å². The van der Waals surface area contributed by atoms with Crippen LogP contribution in [0.2, 0.25) is 0 Å². The van der Waals surface area contributed by atoms with E-state index in [2.05, 4.69) is 27.2 Å². The minimum Gasteiger partial charge on any atom is -0.481 e. The lowest BCUT2D eigenvalue weighted by molar-refractivity contribution is -0.00585. The summed E-state index contributed by atoms with van der Waals surface area (Å²) >= 11 is 3.45. The highest BCUT2D eigenvalue weighted by molar-refractivity contribution is 9.10. The second-order valence-electron chi connectivity index (χ2n) is 3.86. The highest BCUT2D eigenvalue weighted by atomic mass is 79.9. The van der Waals surface area contributed by atoms with Crippen molar-refractivity contribution in [3.8, 4) is 18.1 Å². The van der Waals surface area contributed by atoms with Crippen LogP contribution in [0.15, 0.2) is 22.7 Å². The van der Waals surface area contributed by atoms with Crippen molar-refractivity contribution < 1.29 is 9.47 Å². The van der Waals surface area contributed by atoms with E-state index >= 15 is 0 Å². The van der Waals surface area contributed by atoms with E-state index in [1.165, 1.54) is 0 Å². The highest BCUT2D eigenvalue weighted by Crippen LogP contribution is 2.23. The van der Waals surface area contributed by atoms with Crippen molar-refractivity contribution in [2.45, 2.75) is 12.6 Å². The van der Waals surface area contributed by atoms with E-state index in [0.717, 1.165) is 35.5 Å². The van der Waals surface area contributed by atoms with Crippen LogP contribution in [0.5, 0.6) is 5.75 Å². The maximum atomic E-state index is 5.50. The first-order valence-electron chi connectivity index (χ1n) is 5.45. The zero-order valence-corrected chi connectivity index (χ0v) is 11.0. The van der Waals surface area contributed by atoms with E-state index < -0.39 is 0 Å². The first-order chi connectivity index (χ1) is 8.29. The first kappa shape index (κ1) is 12.4. The number of hydrogen-bond acceptors (Lipinski definition) is 3. The normalized spacial score (nSPS) is 15.1. The van der Waals surface area contributed by atoms with Crippen molar-refractivity contribution in [2.75, 3.05) is 19.8 Å². The molecular formula is C13H14BrNO2. The molecule has 0 amide bonds. The molecule has 0 bridgehead atoms. The highest BCUT2D eigenvalue weighted by Gasteiger charge is 2.17. The smallest absolute Gasteiger partial charge is 0.148 e. The molecule has 0 radical (unpaired) electrons. The molecular weight excluding hydrogens is 282 g/mol. The summed E-state index contributed by atoms with van der Waals surface area (Å²) in [7, 11) is 0. The Hall–Kier alpha value is -1.02. The third-order valence-corrected chi connectivity index (χ3v) is 3.05. The van der Waals surface area contributed by atoms with Gasteiger partial charge in [0.25, 0.3) is 0 Å². The predicted octanol–water partition coefficient (Wildman–Crippen LogP) is 1.95. The third kappa shape index (κ3) is 3.47. The Labute approximate surface area is 110 Å². The molecule has 2 rings (SSSR count). The van der Waals surface area contributed by atoms with Crippen LogP contribution < -0.4 is 10.1 Å². The van der Waals surface area contributed by atoms with Gasteiger partial charge in [-0.1, -0.05) is 21.9 Å². The zero-order valence-electron chi connectivity index (χ0n) is 9.41. The third-order valence-electron chi connectivity index (χ3n) is 2.55. The molecule has 1 aliphatic heterocycles. The monoisotopic (exact) mass is 295 g/mol. The van der Waals surface area contributed by atoms with Crippen molar-refractivity contribution in [3.63, 3.8) is 0 Å². The van der Waals surface area contributed by atoms with Crippen molar-refractivity contribution >= 4 is 15.9 Å². The molecule has 1 N–H and O–H groups in total. The van der Waals surface area contributed by atoms with E-state index in [4.69, 9.17) is 15.9 Å². The van der Waals surface area contributed by atoms with Crippen molar-refractivity contribution in [1.29, 1.82) is 0 Å². The summed E-state index contributed by atoms with van der Waals surface area (Å²) in [4.78, 5) is 0. The molecule has 1 aliphatic rings.